The molecule has 1 aromatic rings. The first-order valence-electron chi connectivity index (χ1n) is 5.08. The van der Waals surface area contributed by atoms with Crippen molar-refractivity contribution in [3.05, 3.63) is 15.5 Å². The lowest BCUT2D eigenvalue weighted by Crippen LogP contribution is -2.36. The minimum atomic E-state index is 0.323. The molecule has 1 saturated heterocycles. The largest absolute Gasteiger partial charge is 0.377 e. The van der Waals surface area contributed by atoms with Crippen molar-refractivity contribution in [1.82, 2.24) is 9.88 Å². The van der Waals surface area contributed by atoms with Crippen molar-refractivity contribution in [2.45, 2.75) is 32.0 Å². The lowest BCUT2D eigenvalue weighted by Gasteiger charge is -2.25. The topological polar surface area (TPSA) is 25.4 Å². The number of hydrogen-bond acceptors (Lipinski definition) is 4. The average molecular weight is 247 g/mol. The van der Waals surface area contributed by atoms with Crippen LogP contribution in [0, 0.1) is 0 Å². The fourth-order valence-electron chi connectivity index (χ4n) is 2.03. The van der Waals surface area contributed by atoms with Gasteiger partial charge in [0.05, 0.1) is 11.8 Å². The van der Waals surface area contributed by atoms with Gasteiger partial charge in [-0.15, -0.1) is 11.3 Å². The third kappa shape index (κ3) is 2.69. The quantitative estimate of drug-likeness (QED) is 0.819. The Hall–Kier alpha value is -0.160. The van der Waals surface area contributed by atoms with Crippen LogP contribution >= 0.6 is 22.9 Å². The molecule has 2 unspecified atom stereocenters. The van der Waals surface area contributed by atoms with Crippen LogP contribution in [0.3, 0.4) is 0 Å². The molecule has 1 aliphatic heterocycles. The standard InChI is InChI=1S/C10H15ClN2OS/c1-7-9(3-4-14-7)13(2)5-8-6-15-10(11)12-8/h6-7,9H,3-5H2,1-2H3. The Morgan fingerprint density at radius 1 is 1.73 bits per heavy atom. The van der Waals surface area contributed by atoms with Gasteiger partial charge in [0.15, 0.2) is 4.47 Å². The first-order valence-corrected chi connectivity index (χ1v) is 6.34. The van der Waals surface area contributed by atoms with Crippen molar-refractivity contribution < 1.29 is 4.74 Å². The van der Waals surface area contributed by atoms with E-state index in [1.165, 1.54) is 11.3 Å². The van der Waals surface area contributed by atoms with Crippen LogP contribution in [-0.4, -0.2) is 35.7 Å². The van der Waals surface area contributed by atoms with E-state index in [0.29, 0.717) is 16.6 Å². The zero-order chi connectivity index (χ0) is 10.8. The van der Waals surface area contributed by atoms with Gasteiger partial charge in [-0.25, -0.2) is 4.98 Å². The zero-order valence-electron chi connectivity index (χ0n) is 8.94. The first kappa shape index (κ1) is 11.3. The van der Waals surface area contributed by atoms with Gasteiger partial charge in [0.2, 0.25) is 0 Å². The number of thiazole rings is 1. The van der Waals surface area contributed by atoms with Crippen LogP contribution in [0.5, 0.6) is 0 Å². The normalized spacial score (nSPS) is 26.4. The average Bonchev–Trinajstić information content (AvgIpc) is 2.75. The molecule has 0 N–H and O–H groups in total. The van der Waals surface area contributed by atoms with Gasteiger partial charge in [-0.05, 0) is 20.4 Å². The van der Waals surface area contributed by atoms with Gasteiger partial charge in [-0.3, -0.25) is 4.90 Å². The maximum absolute atomic E-state index is 5.80. The number of rotatable bonds is 3. The first-order chi connectivity index (χ1) is 7.16. The lowest BCUT2D eigenvalue weighted by molar-refractivity contribution is 0.0811. The molecule has 0 saturated carbocycles. The summed E-state index contributed by atoms with van der Waals surface area (Å²) in [7, 11) is 2.11. The minimum Gasteiger partial charge on any atom is -0.377 e. The summed E-state index contributed by atoms with van der Waals surface area (Å²) in [6.45, 7) is 3.85. The monoisotopic (exact) mass is 246 g/mol. The second-order valence-electron chi connectivity index (χ2n) is 3.94. The molecule has 0 radical (unpaired) electrons. The van der Waals surface area contributed by atoms with Crippen molar-refractivity contribution in [3.63, 3.8) is 0 Å². The Labute approximate surface area is 99.0 Å². The molecule has 0 aliphatic carbocycles. The molecule has 1 aromatic heterocycles. The molecule has 15 heavy (non-hydrogen) atoms. The van der Waals surface area contributed by atoms with Crippen molar-refractivity contribution in [2.24, 2.45) is 0 Å². The predicted molar refractivity (Wildman–Crippen MR) is 62.4 cm³/mol. The third-order valence-electron chi connectivity index (χ3n) is 2.84. The Kier molecular flexibility index (Phi) is 3.61. The van der Waals surface area contributed by atoms with Crippen LogP contribution in [0.25, 0.3) is 0 Å². The summed E-state index contributed by atoms with van der Waals surface area (Å²) in [5.74, 6) is 0. The Morgan fingerprint density at radius 2 is 2.53 bits per heavy atom. The highest BCUT2D eigenvalue weighted by atomic mass is 35.5. The van der Waals surface area contributed by atoms with Crippen LogP contribution in [0.15, 0.2) is 5.38 Å². The molecule has 0 aromatic carbocycles. The van der Waals surface area contributed by atoms with E-state index in [2.05, 4.69) is 23.9 Å². The number of hydrogen-bond donors (Lipinski definition) is 0. The maximum atomic E-state index is 5.80. The van der Waals surface area contributed by atoms with Crippen LogP contribution in [0.4, 0.5) is 0 Å². The summed E-state index contributed by atoms with van der Waals surface area (Å²) in [6, 6.07) is 0.505. The summed E-state index contributed by atoms with van der Waals surface area (Å²) in [5, 5.41) is 2.01. The summed E-state index contributed by atoms with van der Waals surface area (Å²) >= 11 is 7.28. The van der Waals surface area contributed by atoms with Crippen LogP contribution in [-0.2, 0) is 11.3 Å². The summed E-state index contributed by atoms with van der Waals surface area (Å²) in [5.41, 5.74) is 1.05. The van der Waals surface area contributed by atoms with Gasteiger partial charge in [-0.1, -0.05) is 11.6 Å². The van der Waals surface area contributed by atoms with Gasteiger partial charge in [-0.2, -0.15) is 0 Å². The maximum Gasteiger partial charge on any atom is 0.183 e. The van der Waals surface area contributed by atoms with Crippen molar-refractivity contribution >= 4 is 22.9 Å². The highest BCUT2D eigenvalue weighted by Crippen LogP contribution is 2.21. The molecule has 5 heteroatoms. The molecule has 2 atom stereocenters. The zero-order valence-corrected chi connectivity index (χ0v) is 10.5. The van der Waals surface area contributed by atoms with Gasteiger partial charge in [0.25, 0.3) is 0 Å². The smallest absolute Gasteiger partial charge is 0.183 e. The van der Waals surface area contributed by atoms with Gasteiger partial charge in [0, 0.05) is 24.6 Å². The number of halogens is 1. The number of likely N-dealkylation sites (N-methyl/N-ethyl adjacent to an activating group) is 1. The molecule has 1 aliphatic rings. The van der Waals surface area contributed by atoms with E-state index in [0.717, 1.165) is 25.3 Å². The summed E-state index contributed by atoms with van der Waals surface area (Å²) < 4.78 is 6.16. The molecule has 0 bridgehead atoms. The van der Waals surface area contributed by atoms with Crippen LogP contribution in [0.1, 0.15) is 19.0 Å². The fraction of sp³-hybridized carbons (Fsp3) is 0.700. The molecule has 84 valence electrons. The third-order valence-corrected chi connectivity index (χ3v) is 3.86. The van der Waals surface area contributed by atoms with Crippen LogP contribution in [0.2, 0.25) is 4.47 Å². The van der Waals surface area contributed by atoms with E-state index in [1.54, 1.807) is 0 Å². The highest BCUT2D eigenvalue weighted by Gasteiger charge is 2.27. The van der Waals surface area contributed by atoms with E-state index in [9.17, 15) is 0 Å². The Balaban J connectivity index is 1.94. The van der Waals surface area contributed by atoms with E-state index in [4.69, 9.17) is 16.3 Å². The highest BCUT2D eigenvalue weighted by molar-refractivity contribution is 7.13. The number of aromatic nitrogens is 1. The predicted octanol–water partition coefficient (Wildman–Crippen LogP) is 2.41. The van der Waals surface area contributed by atoms with E-state index >= 15 is 0 Å². The molecular weight excluding hydrogens is 232 g/mol. The van der Waals surface area contributed by atoms with E-state index in [-0.39, 0.29) is 0 Å². The molecule has 0 spiro atoms. The van der Waals surface area contributed by atoms with Crippen molar-refractivity contribution in [3.8, 4) is 0 Å². The minimum absolute atomic E-state index is 0.323. The summed E-state index contributed by atoms with van der Waals surface area (Å²) in [4.78, 5) is 6.54. The molecule has 1 fully saturated rings. The molecule has 2 heterocycles. The SMILES string of the molecule is CC1OCCC1N(C)Cc1csc(Cl)n1. The Bertz CT molecular complexity index is 331. The van der Waals surface area contributed by atoms with Crippen LogP contribution < -0.4 is 0 Å². The molecule has 2 rings (SSSR count). The fourth-order valence-corrected chi connectivity index (χ4v) is 2.80. The van der Waals surface area contributed by atoms with Gasteiger partial charge < -0.3 is 4.74 Å². The van der Waals surface area contributed by atoms with E-state index in [1.807, 2.05) is 5.38 Å². The second kappa shape index (κ2) is 4.78. The molecular formula is C10H15ClN2OS. The second-order valence-corrected chi connectivity index (χ2v) is 5.38. The Morgan fingerprint density at radius 3 is 3.07 bits per heavy atom. The molecule has 0 amide bonds. The number of nitrogens with zero attached hydrogens (tertiary/aromatic N) is 2. The van der Waals surface area contributed by atoms with Crippen molar-refractivity contribution in [2.75, 3.05) is 13.7 Å². The van der Waals surface area contributed by atoms with Gasteiger partial charge >= 0.3 is 0 Å². The molecule has 3 nitrogen and oxygen atoms in total. The lowest BCUT2D eigenvalue weighted by atomic mass is 10.1. The van der Waals surface area contributed by atoms with Crippen molar-refractivity contribution in [1.29, 1.82) is 0 Å². The van der Waals surface area contributed by atoms with Gasteiger partial charge in [0.1, 0.15) is 0 Å². The number of ether oxygens (including phenoxy) is 1. The van der Waals surface area contributed by atoms with E-state index < -0.39 is 0 Å². The summed E-state index contributed by atoms with van der Waals surface area (Å²) in [6.07, 6.45) is 1.43.